The second-order valence-corrected chi connectivity index (χ2v) is 7.28. The molecule has 2 rings (SSSR count). The summed E-state index contributed by atoms with van der Waals surface area (Å²) in [5.74, 6) is 1.86. The van der Waals surface area contributed by atoms with Crippen molar-refractivity contribution in [3.63, 3.8) is 0 Å². The van der Waals surface area contributed by atoms with Crippen molar-refractivity contribution in [3.05, 3.63) is 0 Å². The molecule has 2 nitrogen and oxygen atoms in total. The Morgan fingerprint density at radius 2 is 1.00 bits per heavy atom. The molecule has 0 aromatic carbocycles. The molecular weight excluding hydrogens is 244 g/mol. The third-order valence-electron chi connectivity index (χ3n) is 5.77. The summed E-state index contributed by atoms with van der Waals surface area (Å²) in [4.78, 5) is 0. The molecule has 2 saturated carbocycles. The van der Waals surface area contributed by atoms with Crippen LogP contribution in [0, 0.1) is 11.8 Å². The van der Waals surface area contributed by atoms with E-state index in [2.05, 4.69) is 24.5 Å². The van der Waals surface area contributed by atoms with E-state index in [-0.39, 0.29) is 0 Å². The van der Waals surface area contributed by atoms with Gasteiger partial charge in [-0.3, -0.25) is 0 Å². The van der Waals surface area contributed by atoms with Gasteiger partial charge < -0.3 is 10.6 Å². The smallest absolute Gasteiger partial charge is 0.00794 e. The van der Waals surface area contributed by atoms with Gasteiger partial charge in [-0.2, -0.15) is 0 Å². The Hall–Kier alpha value is -0.0800. The summed E-state index contributed by atoms with van der Waals surface area (Å²) in [6, 6.07) is 1.42. The van der Waals surface area contributed by atoms with Crippen LogP contribution in [0.25, 0.3) is 0 Å². The van der Waals surface area contributed by atoms with Gasteiger partial charge in [-0.1, -0.05) is 38.5 Å². The Kier molecular flexibility index (Phi) is 7.37. The molecule has 0 aliphatic heterocycles. The maximum atomic E-state index is 3.75. The summed E-state index contributed by atoms with van der Waals surface area (Å²) in [5, 5.41) is 7.50. The fourth-order valence-corrected chi connectivity index (χ4v) is 4.20. The van der Waals surface area contributed by atoms with Crippen molar-refractivity contribution in [2.24, 2.45) is 11.8 Å². The highest BCUT2D eigenvalue weighted by Crippen LogP contribution is 2.27. The van der Waals surface area contributed by atoms with Gasteiger partial charge in [-0.15, -0.1) is 0 Å². The SMILES string of the molecule is CC(NCCN[C@@H](C)C1CCCCC1)C1CCCCC1. The molecule has 20 heavy (non-hydrogen) atoms. The maximum absolute atomic E-state index is 3.75. The van der Waals surface area contributed by atoms with Crippen LogP contribution in [-0.2, 0) is 0 Å². The van der Waals surface area contributed by atoms with Gasteiger partial charge in [0.1, 0.15) is 0 Å². The van der Waals surface area contributed by atoms with Crippen molar-refractivity contribution in [1.82, 2.24) is 10.6 Å². The van der Waals surface area contributed by atoms with E-state index in [0.29, 0.717) is 12.1 Å². The zero-order valence-corrected chi connectivity index (χ0v) is 13.8. The molecule has 0 spiro atoms. The normalized spacial score (nSPS) is 25.5. The lowest BCUT2D eigenvalue weighted by Crippen LogP contribution is -2.42. The molecule has 0 radical (unpaired) electrons. The zero-order chi connectivity index (χ0) is 14.2. The number of hydrogen-bond donors (Lipinski definition) is 2. The predicted octanol–water partition coefficient (Wildman–Crippen LogP) is 4.10. The van der Waals surface area contributed by atoms with Gasteiger partial charge in [0.25, 0.3) is 0 Å². The first-order valence-electron chi connectivity index (χ1n) is 9.24. The Morgan fingerprint density at radius 3 is 1.35 bits per heavy atom. The van der Waals surface area contributed by atoms with Crippen molar-refractivity contribution in [3.8, 4) is 0 Å². The first-order chi connectivity index (χ1) is 9.77. The van der Waals surface area contributed by atoms with Crippen LogP contribution < -0.4 is 10.6 Å². The lowest BCUT2D eigenvalue weighted by atomic mass is 9.84. The average Bonchev–Trinajstić information content (AvgIpc) is 2.53. The molecule has 0 aromatic heterocycles. The third kappa shape index (κ3) is 5.37. The molecule has 2 heteroatoms. The van der Waals surface area contributed by atoms with Gasteiger partial charge in [-0.25, -0.2) is 0 Å². The molecular formula is C18H36N2. The predicted molar refractivity (Wildman–Crippen MR) is 88.1 cm³/mol. The van der Waals surface area contributed by atoms with Crippen LogP contribution in [0.3, 0.4) is 0 Å². The summed E-state index contributed by atoms with van der Waals surface area (Å²) in [6.07, 6.45) is 14.5. The molecule has 2 N–H and O–H groups in total. The minimum Gasteiger partial charge on any atom is -0.313 e. The second-order valence-electron chi connectivity index (χ2n) is 7.28. The van der Waals surface area contributed by atoms with Crippen LogP contribution >= 0.6 is 0 Å². The summed E-state index contributed by atoms with van der Waals surface area (Å²) in [6.45, 7) is 7.05. The van der Waals surface area contributed by atoms with Crippen LogP contribution in [0.4, 0.5) is 0 Å². The highest BCUT2D eigenvalue weighted by Gasteiger charge is 2.21. The molecule has 118 valence electrons. The zero-order valence-electron chi connectivity index (χ0n) is 13.8. The molecule has 0 aromatic rings. The molecule has 0 bridgehead atoms. The number of rotatable bonds is 7. The molecule has 1 unspecified atom stereocenters. The lowest BCUT2D eigenvalue weighted by molar-refractivity contribution is 0.267. The third-order valence-corrected chi connectivity index (χ3v) is 5.77. The van der Waals surface area contributed by atoms with Crippen LogP contribution in [0.2, 0.25) is 0 Å². The number of hydrogen-bond acceptors (Lipinski definition) is 2. The van der Waals surface area contributed by atoms with Gasteiger partial charge in [0.2, 0.25) is 0 Å². The fraction of sp³-hybridized carbons (Fsp3) is 1.00. The highest BCUT2D eigenvalue weighted by molar-refractivity contribution is 4.78. The first kappa shape index (κ1) is 16.3. The molecule has 0 saturated heterocycles. The minimum absolute atomic E-state index is 0.710. The fourth-order valence-electron chi connectivity index (χ4n) is 4.20. The highest BCUT2D eigenvalue weighted by atomic mass is 15.0. The Labute approximate surface area is 126 Å². The summed E-state index contributed by atoms with van der Waals surface area (Å²) in [7, 11) is 0. The second kappa shape index (κ2) is 9.04. The molecule has 0 heterocycles. The molecule has 2 atom stereocenters. The van der Waals surface area contributed by atoms with Crippen molar-refractivity contribution in [1.29, 1.82) is 0 Å². The molecule has 2 aliphatic carbocycles. The van der Waals surface area contributed by atoms with E-state index in [1.165, 1.54) is 64.2 Å². The van der Waals surface area contributed by atoms with Crippen molar-refractivity contribution in [2.75, 3.05) is 13.1 Å². The monoisotopic (exact) mass is 280 g/mol. The Morgan fingerprint density at radius 1 is 0.650 bits per heavy atom. The molecule has 2 aliphatic rings. The van der Waals surface area contributed by atoms with Gasteiger partial charge in [0.15, 0.2) is 0 Å². The Balaban J connectivity index is 1.53. The van der Waals surface area contributed by atoms with Gasteiger partial charge in [0.05, 0.1) is 0 Å². The van der Waals surface area contributed by atoms with E-state index < -0.39 is 0 Å². The van der Waals surface area contributed by atoms with Gasteiger partial charge >= 0.3 is 0 Å². The van der Waals surface area contributed by atoms with Crippen molar-refractivity contribution >= 4 is 0 Å². The summed E-state index contributed by atoms with van der Waals surface area (Å²) < 4.78 is 0. The van der Waals surface area contributed by atoms with E-state index in [1.54, 1.807) is 0 Å². The van der Waals surface area contributed by atoms with E-state index in [1.807, 2.05) is 0 Å². The molecule has 2 fully saturated rings. The Bertz CT molecular complexity index is 216. The van der Waals surface area contributed by atoms with Gasteiger partial charge in [0, 0.05) is 25.2 Å². The van der Waals surface area contributed by atoms with E-state index in [0.717, 1.165) is 24.9 Å². The lowest BCUT2D eigenvalue weighted by Gasteiger charge is -2.30. The molecule has 0 amide bonds. The van der Waals surface area contributed by atoms with Crippen LogP contribution in [0.1, 0.15) is 78.1 Å². The maximum Gasteiger partial charge on any atom is 0.00794 e. The first-order valence-corrected chi connectivity index (χ1v) is 9.24. The van der Waals surface area contributed by atoms with E-state index in [4.69, 9.17) is 0 Å². The average molecular weight is 280 g/mol. The van der Waals surface area contributed by atoms with Crippen LogP contribution in [0.5, 0.6) is 0 Å². The van der Waals surface area contributed by atoms with E-state index in [9.17, 15) is 0 Å². The van der Waals surface area contributed by atoms with Crippen LogP contribution in [0.15, 0.2) is 0 Å². The standard InChI is InChI=1S/C18H36N2/c1-15(17-9-5-3-6-10-17)19-13-14-20-16(2)18-11-7-4-8-12-18/h15-20H,3-14H2,1-2H3/t15-,16?/m0/s1. The summed E-state index contributed by atoms with van der Waals surface area (Å²) in [5.41, 5.74) is 0. The van der Waals surface area contributed by atoms with Crippen LogP contribution in [-0.4, -0.2) is 25.2 Å². The topological polar surface area (TPSA) is 24.1 Å². The van der Waals surface area contributed by atoms with Gasteiger partial charge in [-0.05, 0) is 51.4 Å². The minimum atomic E-state index is 0.710. The number of nitrogens with one attached hydrogen (secondary N) is 2. The largest absolute Gasteiger partial charge is 0.313 e. The summed E-state index contributed by atoms with van der Waals surface area (Å²) >= 11 is 0. The van der Waals surface area contributed by atoms with E-state index >= 15 is 0 Å². The van der Waals surface area contributed by atoms with Crippen molar-refractivity contribution in [2.45, 2.75) is 90.1 Å². The van der Waals surface area contributed by atoms with Crippen molar-refractivity contribution < 1.29 is 0 Å². The quantitative estimate of drug-likeness (QED) is 0.686.